The molecule has 7 heteroatoms. The van der Waals surface area contributed by atoms with Crippen molar-refractivity contribution in [2.24, 2.45) is 0 Å². The van der Waals surface area contributed by atoms with Gasteiger partial charge in [0.2, 0.25) is 0 Å². The summed E-state index contributed by atoms with van der Waals surface area (Å²) in [5.41, 5.74) is 1.74. The summed E-state index contributed by atoms with van der Waals surface area (Å²) < 4.78 is 27.1. The lowest BCUT2D eigenvalue weighted by Crippen LogP contribution is -2.27. The molecule has 0 aliphatic heterocycles. The fourth-order valence-corrected chi connectivity index (χ4v) is 3.12. The zero-order chi connectivity index (χ0) is 15.1. The predicted octanol–water partition coefficient (Wildman–Crippen LogP) is 1.04. The Bertz CT molecular complexity index is 653. The molecule has 3 N–H and O–H groups in total. The normalized spacial score (nSPS) is 11.7. The highest BCUT2D eigenvalue weighted by Crippen LogP contribution is 2.11. The topological polar surface area (TPSA) is 86.9 Å². The number of aromatic nitrogens is 2. The molecule has 0 amide bonds. The first-order chi connectivity index (χ1) is 10.1. The monoisotopic (exact) mass is 308 g/mol. The van der Waals surface area contributed by atoms with Crippen molar-refractivity contribution in [2.45, 2.75) is 24.9 Å². The van der Waals surface area contributed by atoms with E-state index in [-0.39, 0.29) is 5.03 Å². The van der Waals surface area contributed by atoms with Crippen LogP contribution in [-0.2, 0) is 23.0 Å². The molecule has 0 fully saturated rings. The fraction of sp³-hybridized carbons (Fsp3) is 0.357. The van der Waals surface area contributed by atoms with Crippen LogP contribution < -0.4 is 10.0 Å². The van der Waals surface area contributed by atoms with E-state index in [9.17, 15) is 8.42 Å². The standard InChI is InChI=1S/C14H20N4O2S/c1-2-15-10-13-11-16-18-14(13)21(19,20)17-9-8-12-6-4-3-5-7-12/h3-7,11,15,17H,2,8-10H2,1H3,(H,16,18). The van der Waals surface area contributed by atoms with Gasteiger partial charge in [0.1, 0.15) is 0 Å². The van der Waals surface area contributed by atoms with Gasteiger partial charge in [0.25, 0.3) is 10.0 Å². The molecule has 2 rings (SSSR count). The molecule has 0 atom stereocenters. The molecule has 0 saturated carbocycles. The molecule has 6 nitrogen and oxygen atoms in total. The number of hydrogen-bond donors (Lipinski definition) is 3. The van der Waals surface area contributed by atoms with Gasteiger partial charge in [-0.05, 0) is 18.5 Å². The second kappa shape index (κ2) is 7.35. The Labute approximate surface area is 125 Å². The molecule has 1 heterocycles. The van der Waals surface area contributed by atoms with Crippen molar-refractivity contribution in [3.8, 4) is 0 Å². The molecule has 0 saturated heterocycles. The minimum absolute atomic E-state index is 0.136. The van der Waals surface area contributed by atoms with Crippen LogP contribution in [0, 0.1) is 0 Å². The number of aromatic amines is 1. The highest BCUT2D eigenvalue weighted by molar-refractivity contribution is 7.89. The molecule has 2 aromatic rings. The van der Waals surface area contributed by atoms with E-state index in [1.807, 2.05) is 37.3 Å². The summed E-state index contributed by atoms with van der Waals surface area (Å²) in [5.74, 6) is 0. The molecule has 0 bridgehead atoms. The van der Waals surface area contributed by atoms with Crippen molar-refractivity contribution in [3.05, 3.63) is 47.7 Å². The predicted molar refractivity (Wildman–Crippen MR) is 81.3 cm³/mol. The molecule has 0 aliphatic rings. The van der Waals surface area contributed by atoms with Gasteiger partial charge in [0, 0.05) is 18.7 Å². The van der Waals surface area contributed by atoms with E-state index >= 15 is 0 Å². The van der Waals surface area contributed by atoms with Crippen molar-refractivity contribution in [3.63, 3.8) is 0 Å². The maximum Gasteiger partial charge on any atom is 0.257 e. The van der Waals surface area contributed by atoms with Gasteiger partial charge in [0.05, 0.1) is 6.20 Å². The van der Waals surface area contributed by atoms with Gasteiger partial charge < -0.3 is 5.32 Å². The summed E-state index contributed by atoms with van der Waals surface area (Å²) in [5, 5.41) is 9.62. The van der Waals surface area contributed by atoms with Crippen LogP contribution in [-0.4, -0.2) is 31.7 Å². The molecule has 1 aromatic heterocycles. The average molecular weight is 308 g/mol. The van der Waals surface area contributed by atoms with Gasteiger partial charge in [-0.1, -0.05) is 37.3 Å². The van der Waals surface area contributed by atoms with Crippen LogP contribution in [0.5, 0.6) is 0 Å². The number of rotatable bonds is 8. The van der Waals surface area contributed by atoms with Crippen molar-refractivity contribution in [1.82, 2.24) is 20.2 Å². The maximum atomic E-state index is 12.3. The molecular weight excluding hydrogens is 288 g/mol. The van der Waals surface area contributed by atoms with Crippen LogP contribution in [0.25, 0.3) is 0 Å². The molecule has 0 spiro atoms. The second-order valence-electron chi connectivity index (χ2n) is 4.64. The molecule has 0 radical (unpaired) electrons. The first-order valence-electron chi connectivity index (χ1n) is 6.90. The number of benzene rings is 1. The lowest BCUT2D eigenvalue weighted by atomic mass is 10.2. The SMILES string of the molecule is CCNCc1cn[nH]c1S(=O)(=O)NCCc1ccccc1. The highest BCUT2D eigenvalue weighted by Gasteiger charge is 2.19. The van der Waals surface area contributed by atoms with Gasteiger partial charge in [-0.25, -0.2) is 13.1 Å². The summed E-state index contributed by atoms with van der Waals surface area (Å²) in [7, 11) is -3.56. The Morgan fingerprint density at radius 2 is 2.00 bits per heavy atom. The number of sulfonamides is 1. The van der Waals surface area contributed by atoms with Crippen molar-refractivity contribution in [2.75, 3.05) is 13.1 Å². The number of nitrogens with one attached hydrogen (secondary N) is 3. The van der Waals surface area contributed by atoms with E-state index in [0.29, 0.717) is 25.1 Å². The van der Waals surface area contributed by atoms with Crippen LogP contribution >= 0.6 is 0 Å². The van der Waals surface area contributed by atoms with Crippen molar-refractivity contribution >= 4 is 10.0 Å². The first-order valence-corrected chi connectivity index (χ1v) is 8.38. The third-order valence-electron chi connectivity index (χ3n) is 3.06. The van der Waals surface area contributed by atoms with Crippen molar-refractivity contribution in [1.29, 1.82) is 0 Å². The highest BCUT2D eigenvalue weighted by atomic mass is 32.2. The van der Waals surface area contributed by atoms with E-state index < -0.39 is 10.0 Å². The summed E-state index contributed by atoms with van der Waals surface area (Å²) in [6.45, 7) is 3.56. The van der Waals surface area contributed by atoms with E-state index in [4.69, 9.17) is 0 Å². The van der Waals surface area contributed by atoms with Crippen LogP contribution in [0.4, 0.5) is 0 Å². The maximum absolute atomic E-state index is 12.3. The van der Waals surface area contributed by atoms with E-state index in [0.717, 1.165) is 12.1 Å². The van der Waals surface area contributed by atoms with Crippen LogP contribution in [0.1, 0.15) is 18.1 Å². The van der Waals surface area contributed by atoms with Gasteiger partial charge in [-0.2, -0.15) is 5.10 Å². The molecule has 114 valence electrons. The number of H-pyrrole nitrogens is 1. The number of nitrogens with zero attached hydrogens (tertiary/aromatic N) is 1. The van der Waals surface area contributed by atoms with E-state index in [1.165, 1.54) is 6.20 Å². The van der Waals surface area contributed by atoms with E-state index in [1.54, 1.807) is 0 Å². The third-order valence-corrected chi connectivity index (χ3v) is 4.54. The van der Waals surface area contributed by atoms with Crippen LogP contribution in [0.2, 0.25) is 0 Å². The minimum Gasteiger partial charge on any atom is -0.313 e. The Morgan fingerprint density at radius 1 is 1.24 bits per heavy atom. The Morgan fingerprint density at radius 3 is 2.71 bits per heavy atom. The Balaban J connectivity index is 1.97. The fourth-order valence-electron chi connectivity index (χ4n) is 1.96. The second-order valence-corrected chi connectivity index (χ2v) is 6.34. The number of hydrogen-bond acceptors (Lipinski definition) is 4. The van der Waals surface area contributed by atoms with Gasteiger partial charge in [0.15, 0.2) is 5.03 Å². The van der Waals surface area contributed by atoms with Gasteiger partial charge in [-0.15, -0.1) is 0 Å². The molecular formula is C14H20N4O2S. The zero-order valence-corrected chi connectivity index (χ0v) is 12.8. The summed E-state index contributed by atoms with van der Waals surface area (Å²) in [6.07, 6.45) is 2.19. The lowest BCUT2D eigenvalue weighted by Gasteiger charge is -2.07. The molecule has 1 aromatic carbocycles. The lowest BCUT2D eigenvalue weighted by molar-refractivity contribution is 0.574. The molecule has 0 aliphatic carbocycles. The Kier molecular flexibility index (Phi) is 5.49. The third kappa shape index (κ3) is 4.38. The summed E-state index contributed by atoms with van der Waals surface area (Å²) in [4.78, 5) is 0. The largest absolute Gasteiger partial charge is 0.313 e. The quantitative estimate of drug-likeness (QED) is 0.680. The zero-order valence-electron chi connectivity index (χ0n) is 12.0. The van der Waals surface area contributed by atoms with Crippen LogP contribution in [0.3, 0.4) is 0 Å². The summed E-state index contributed by atoms with van der Waals surface area (Å²) in [6, 6.07) is 9.76. The average Bonchev–Trinajstić information content (AvgIpc) is 2.95. The van der Waals surface area contributed by atoms with Gasteiger partial charge in [-0.3, -0.25) is 5.10 Å². The van der Waals surface area contributed by atoms with Crippen molar-refractivity contribution < 1.29 is 8.42 Å². The van der Waals surface area contributed by atoms with E-state index in [2.05, 4.69) is 20.2 Å². The molecule has 21 heavy (non-hydrogen) atoms. The first kappa shape index (κ1) is 15.7. The molecule has 0 unspecified atom stereocenters. The van der Waals surface area contributed by atoms with Gasteiger partial charge >= 0.3 is 0 Å². The smallest absolute Gasteiger partial charge is 0.257 e. The Hall–Kier alpha value is -1.70. The summed E-state index contributed by atoms with van der Waals surface area (Å²) >= 11 is 0. The van der Waals surface area contributed by atoms with Crippen LogP contribution in [0.15, 0.2) is 41.6 Å². The minimum atomic E-state index is -3.56.